The second-order valence-electron chi connectivity index (χ2n) is 5.09. The first-order valence-electron chi connectivity index (χ1n) is 6.51. The SMILES string of the molecule is C#CCCCN1CCCC(C(C)CC(=O)O)C1. The molecule has 0 aromatic heterocycles. The van der Waals surface area contributed by atoms with Crippen LogP contribution in [0.25, 0.3) is 0 Å². The largest absolute Gasteiger partial charge is 0.481 e. The summed E-state index contributed by atoms with van der Waals surface area (Å²) in [6.07, 6.45) is 9.78. The fourth-order valence-electron chi connectivity index (χ4n) is 2.61. The minimum Gasteiger partial charge on any atom is -0.481 e. The maximum atomic E-state index is 10.7. The molecule has 1 aliphatic rings. The highest BCUT2D eigenvalue weighted by atomic mass is 16.4. The zero-order valence-corrected chi connectivity index (χ0v) is 10.7. The van der Waals surface area contributed by atoms with Crippen molar-refractivity contribution in [2.45, 2.75) is 39.0 Å². The Balaban J connectivity index is 2.32. The minimum atomic E-state index is -0.679. The molecule has 1 heterocycles. The minimum absolute atomic E-state index is 0.280. The average molecular weight is 237 g/mol. The normalized spacial score (nSPS) is 22.9. The van der Waals surface area contributed by atoms with Crippen molar-refractivity contribution in [3.05, 3.63) is 0 Å². The maximum absolute atomic E-state index is 10.7. The van der Waals surface area contributed by atoms with Crippen LogP contribution in [0, 0.1) is 24.2 Å². The van der Waals surface area contributed by atoms with Crippen LogP contribution in [0.4, 0.5) is 0 Å². The van der Waals surface area contributed by atoms with Gasteiger partial charge in [-0.2, -0.15) is 0 Å². The number of piperidine rings is 1. The van der Waals surface area contributed by atoms with Crippen molar-refractivity contribution in [2.75, 3.05) is 19.6 Å². The number of nitrogens with zero attached hydrogens (tertiary/aromatic N) is 1. The van der Waals surface area contributed by atoms with E-state index in [1.54, 1.807) is 0 Å². The smallest absolute Gasteiger partial charge is 0.303 e. The average Bonchev–Trinajstić information content (AvgIpc) is 2.29. The summed E-state index contributed by atoms with van der Waals surface area (Å²) in [5.41, 5.74) is 0. The highest BCUT2D eigenvalue weighted by Crippen LogP contribution is 2.26. The van der Waals surface area contributed by atoms with Crippen molar-refractivity contribution < 1.29 is 9.90 Å². The van der Waals surface area contributed by atoms with E-state index in [1.165, 1.54) is 12.8 Å². The molecule has 0 aromatic rings. The van der Waals surface area contributed by atoms with Crippen molar-refractivity contribution in [2.24, 2.45) is 11.8 Å². The molecule has 0 amide bonds. The molecule has 0 bridgehead atoms. The van der Waals surface area contributed by atoms with Gasteiger partial charge in [0.25, 0.3) is 0 Å². The first-order valence-corrected chi connectivity index (χ1v) is 6.51. The van der Waals surface area contributed by atoms with Gasteiger partial charge in [0, 0.05) is 19.4 Å². The zero-order chi connectivity index (χ0) is 12.7. The van der Waals surface area contributed by atoms with Gasteiger partial charge < -0.3 is 10.0 Å². The highest BCUT2D eigenvalue weighted by Gasteiger charge is 2.25. The summed E-state index contributed by atoms with van der Waals surface area (Å²) in [6, 6.07) is 0. The molecule has 96 valence electrons. The van der Waals surface area contributed by atoms with Gasteiger partial charge in [0.05, 0.1) is 0 Å². The van der Waals surface area contributed by atoms with Gasteiger partial charge in [0.1, 0.15) is 0 Å². The lowest BCUT2D eigenvalue weighted by molar-refractivity contribution is -0.138. The van der Waals surface area contributed by atoms with Crippen LogP contribution in [0.1, 0.15) is 39.0 Å². The van der Waals surface area contributed by atoms with E-state index < -0.39 is 5.97 Å². The third-order valence-electron chi connectivity index (χ3n) is 3.64. The first kappa shape index (κ1) is 14.1. The molecule has 3 heteroatoms. The van der Waals surface area contributed by atoms with E-state index in [0.717, 1.165) is 32.5 Å². The quantitative estimate of drug-likeness (QED) is 0.569. The van der Waals surface area contributed by atoms with E-state index >= 15 is 0 Å². The molecule has 1 rings (SSSR count). The third-order valence-corrected chi connectivity index (χ3v) is 3.64. The van der Waals surface area contributed by atoms with Gasteiger partial charge in [-0.05, 0) is 44.2 Å². The molecular formula is C14H23NO2. The number of carboxylic acid groups (broad SMARTS) is 1. The summed E-state index contributed by atoms with van der Waals surface area (Å²) in [5.74, 6) is 2.80. The summed E-state index contributed by atoms with van der Waals surface area (Å²) >= 11 is 0. The van der Waals surface area contributed by atoms with Crippen molar-refractivity contribution in [3.63, 3.8) is 0 Å². The van der Waals surface area contributed by atoms with Gasteiger partial charge in [-0.15, -0.1) is 12.3 Å². The van der Waals surface area contributed by atoms with Gasteiger partial charge >= 0.3 is 5.97 Å². The van der Waals surface area contributed by atoms with E-state index in [9.17, 15) is 4.79 Å². The topological polar surface area (TPSA) is 40.5 Å². The Morgan fingerprint density at radius 1 is 1.65 bits per heavy atom. The Hall–Kier alpha value is -1.01. The monoisotopic (exact) mass is 237 g/mol. The Labute approximate surface area is 104 Å². The number of rotatable bonds is 6. The van der Waals surface area contributed by atoms with Crippen LogP contribution in [0.15, 0.2) is 0 Å². The lowest BCUT2D eigenvalue weighted by Gasteiger charge is -2.35. The summed E-state index contributed by atoms with van der Waals surface area (Å²) in [5, 5.41) is 8.82. The number of likely N-dealkylation sites (tertiary alicyclic amines) is 1. The van der Waals surface area contributed by atoms with Crippen molar-refractivity contribution in [3.8, 4) is 12.3 Å². The zero-order valence-electron chi connectivity index (χ0n) is 10.7. The fraction of sp³-hybridized carbons (Fsp3) is 0.786. The molecule has 1 aliphatic heterocycles. The molecule has 2 atom stereocenters. The van der Waals surface area contributed by atoms with Gasteiger partial charge in [0.15, 0.2) is 0 Å². The van der Waals surface area contributed by atoms with Gasteiger partial charge in [-0.1, -0.05) is 6.92 Å². The molecule has 17 heavy (non-hydrogen) atoms. The van der Waals surface area contributed by atoms with Crippen LogP contribution in [0.2, 0.25) is 0 Å². The summed E-state index contributed by atoms with van der Waals surface area (Å²) in [4.78, 5) is 13.1. The van der Waals surface area contributed by atoms with Crippen LogP contribution in [-0.4, -0.2) is 35.6 Å². The molecule has 2 unspecified atom stereocenters. The highest BCUT2D eigenvalue weighted by molar-refractivity contribution is 5.66. The number of terminal acetylenes is 1. The molecule has 1 fully saturated rings. The van der Waals surface area contributed by atoms with Gasteiger partial charge in [-0.25, -0.2) is 0 Å². The van der Waals surface area contributed by atoms with Crippen molar-refractivity contribution >= 4 is 5.97 Å². The second-order valence-corrected chi connectivity index (χ2v) is 5.09. The molecule has 0 spiro atoms. The van der Waals surface area contributed by atoms with Gasteiger partial charge in [-0.3, -0.25) is 4.79 Å². The predicted octanol–water partition coefficient (Wildman–Crippen LogP) is 2.22. The number of carbonyl (C=O) groups is 1. The van der Waals surface area contributed by atoms with Crippen LogP contribution in [0.3, 0.4) is 0 Å². The Morgan fingerprint density at radius 3 is 3.06 bits per heavy atom. The molecule has 0 aromatic carbocycles. The van der Waals surface area contributed by atoms with E-state index in [-0.39, 0.29) is 5.92 Å². The second kappa shape index (κ2) is 7.34. The Kier molecular flexibility index (Phi) is 6.07. The third kappa shape index (κ3) is 5.23. The van der Waals surface area contributed by atoms with E-state index in [4.69, 9.17) is 11.5 Å². The lowest BCUT2D eigenvalue weighted by atomic mass is 9.84. The number of unbranched alkanes of at least 4 members (excludes halogenated alkanes) is 1. The number of carboxylic acids is 1. The lowest BCUT2D eigenvalue weighted by Crippen LogP contribution is -2.38. The summed E-state index contributed by atoms with van der Waals surface area (Å²) in [7, 11) is 0. The summed E-state index contributed by atoms with van der Waals surface area (Å²) in [6.45, 7) is 5.30. The van der Waals surface area contributed by atoms with Crippen LogP contribution >= 0.6 is 0 Å². The number of hydrogen-bond donors (Lipinski definition) is 1. The molecule has 0 radical (unpaired) electrons. The van der Waals surface area contributed by atoms with E-state index in [2.05, 4.69) is 17.7 Å². The summed E-state index contributed by atoms with van der Waals surface area (Å²) < 4.78 is 0. The molecule has 3 nitrogen and oxygen atoms in total. The van der Waals surface area contributed by atoms with E-state index in [0.29, 0.717) is 12.3 Å². The molecule has 0 aliphatic carbocycles. The molecule has 0 saturated carbocycles. The predicted molar refractivity (Wildman–Crippen MR) is 68.6 cm³/mol. The number of aliphatic carboxylic acids is 1. The first-order chi connectivity index (χ1) is 8.13. The van der Waals surface area contributed by atoms with Crippen molar-refractivity contribution in [1.82, 2.24) is 4.90 Å². The standard InChI is InChI=1S/C14H23NO2/c1-3-4-5-8-15-9-6-7-13(11-15)12(2)10-14(16)17/h1,12-13H,4-11H2,2H3,(H,16,17). The van der Waals surface area contributed by atoms with E-state index in [1.807, 2.05) is 0 Å². The van der Waals surface area contributed by atoms with Crippen LogP contribution < -0.4 is 0 Å². The fourth-order valence-corrected chi connectivity index (χ4v) is 2.61. The van der Waals surface area contributed by atoms with Crippen LogP contribution in [-0.2, 0) is 4.79 Å². The molecule has 1 saturated heterocycles. The Morgan fingerprint density at radius 2 is 2.41 bits per heavy atom. The van der Waals surface area contributed by atoms with Gasteiger partial charge in [0.2, 0.25) is 0 Å². The van der Waals surface area contributed by atoms with Crippen LogP contribution in [0.5, 0.6) is 0 Å². The Bertz CT molecular complexity index is 282. The van der Waals surface area contributed by atoms with Crippen molar-refractivity contribution in [1.29, 1.82) is 0 Å². The number of hydrogen-bond acceptors (Lipinski definition) is 2. The molecular weight excluding hydrogens is 214 g/mol. The maximum Gasteiger partial charge on any atom is 0.303 e. The molecule has 1 N–H and O–H groups in total.